The first-order valence-corrected chi connectivity index (χ1v) is 6.98. The summed E-state index contributed by atoms with van der Waals surface area (Å²) in [7, 11) is 1.63. The average molecular weight is 344 g/mol. The molecule has 2 heterocycles. The Bertz CT molecular complexity index is 743. The molecule has 0 aliphatic rings. The van der Waals surface area contributed by atoms with Crippen molar-refractivity contribution in [3.05, 3.63) is 40.7 Å². The number of carboxylic acid groups (broad SMARTS) is 1. The number of aromatic carboxylic acids is 1. The molecule has 10 heteroatoms. The van der Waals surface area contributed by atoms with E-state index in [0.29, 0.717) is 5.82 Å². The van der Waals surface area contributed by atoms with Crippen LogP contribution in [0.4, 0.5) is 13.2 Å². The Kier molecular flexibility index (Phi) is 5.17. The van der Waals surface area contributed by atoms with Crippen molar-refractivity contribution >= 4 is 5.97 Å². The number of hydrogen-bond acceptors (Lipinski definition) is 5. The first kappa shape index (κ1) is 17.9. The van der Waals surface area contributed by atoms with Crippen molar-refractivity contribution < 1.29 is 27.8 Å². The number of nitrogens with zero attached hydrogens (tertiary/aromatic N) is 4. The summed E-state index contributed by atoms with van der Waals surface area (Å²) in [5, 5.41) is 13.0. The van der Waals surface area contributed by atoms with E-state index in [9.17, 15) is 23.1 Å². The second-order valence-electron chi connectivity index (χ2n) is 4.94. The molecule has 0 amide bonds. The SMILES string of the molecule is CCc1cc(C(=O)O)c(COCc2ncnn2C)nc1C(F)(F)F. The number of ether oxygens (including phenoxy) is 1. The Labute approximate surface area is 135 Å². The molecule has 0 radical (unpaired) electrons. The van der Waals surface area contributed by atoms with Gasteiger partial charge >= 0.3 is 12.1 Å². The Morgan fingerprint density at radius 2 is 2.08 bits per heavy atom. The predicted octanol–water partition coefficient (Wildman–Crippen LogP) is 2.21. The summed E-state index contributed by atoms with van der Waals surface area (Å²) >= 11 is 0. The van der Waals surface area contributed by atoms with Crippen molar-refractivity contribution in [3.63, 3.8) is 0 Å². The van der Waals surface area contributed by atoms with E-state index in [1.54, 1.807) is 7.05 Å². The number of hydrogen-bond donors (Lipinski definition) is 1. The topological polar surface area (TPSA) is 90.1 Å². The van der Waals surface area contributed by atoms with Crippen LogP contribution in [0.3, 0.4) is 0 Å². The molecule has 0 saturated heterocycles. The lowest BCUT2D eigenvalue weighted by molar-refractivity contribution is -0.142. The van der Waals surface area contributed by atoms with Crippen LogP contribution in [0.5, 0.6) is 0 Å². The zero-order valence-electron chi connectivity index (χ0n) is 13.0. The highest BCUT2D eigenvalue weighted by Gasteiger charge is 2.36. The van der Waals surface area contributed by atoms with Crippen LogP contribution < -0.4 is 0 Å². The summed E-state index contributed by atoms with van der Waals surface area (Å²) in [6, 6.07) is 0.999. The number of alkyl halides is 3. The van der Waals surface area contributed by atoms with Gasteiger partial charge in [-0.05, 0) is 18.1 Å². The molecule has 0 aromatic carbocycles. The Hall–Kier alpha value is -2.49. The summed E-state index contributed by atoms with van der Waals surface area (Å²) in [5.74, 6) is -0.906. The molecule has 0 fully saturated rings. The summed E-state index contributed by atoms with van der Waals surface area (Å²) in [4.78, 5) is 18.7. The molecule has 2 rings (SSSR count). The number of pyridine rings is 1. The van der Waals surface area contributed by atoms with Gasteiger partial charge in [-0.1, -0.05) is 6.92 Å². The predicted molar refractivity (Wildman–Crippen MR) is 75.1 cm³/mol. The number of carbonyl (C=O) groups is 1. The smallest absolute Gasteiger partial charge is 0.433 e. The first-order chi connectivity index (χ1) is 11.2. The molecular formula is C14H15F3N4O3. The highest BCUT2D eigenvalue weighted by Crippen LogP contribution is 2.32. The van der Waals surface area contributed by atoms with E-state index in [2.05, 4.69) is 15.1 Å². The van der Waals surface area contributed by atoms with Crippen LogP contribution in [-0.4, -0.2) is 30.8 Å². The maximum absolute atomic E-state index is 13.1. The fraction of sp³-hybridized carbons (Fsp3) is 0.429. The fourth-order valence-corrected chi connectivity index (χ4v) is 2.09. The number of rotatable bonds is 6. The monoisotopic (exact) mass is 344 g/mol. The van der Waals surface area contributed by atoms with E-state index in [1.165, 1.54) is 17.9 Å². The van der Waals surface area contributed by atoms with E-state index in [4.69, 9.17) is 4.74 Å². The van der Waals surface area contributed by atoms with Crippen LogP contribution in [0.15, 0.2) is 12.4 Å². The van der Waals surface area contributed by atoms with Gasteiger partial charge in [0.25, 0.3) is 0 Å². The average Bonchev–Trinajstić information content (AvgIpc) is 2.91. The lowest BCUT2D eigenvalue weighted by Crippen LogP contribution is -2.17. The molecule has 0 saturated carbocycles. The molecule has 2 aromatic rings. The van der Waals surface area contributed by atoms with Crippen LogP contribution in [0.1, 0.15) is 40.1 Å². The summed E-state index contributed by atoms with van der Waals surface area (Å²) in [5.41, 5.74) is -1.85. The van der Waals surface area contributed by atoms with Crippen LogP contribution in [0.2, 0.25) is 0 Å². The third kappa shape index (κ3) is 3.88. The maximum Gasteiger partial charge on any atom is 0.433 e. The van der Waals surface area contributed by atoms with Gasteiger partial charge in [0.05, 0.1) is 17.9 Å². The van der Waals surface area contributed by atoms with Crippen molar-refractivity contribution in [1.29, 1.82) is 0 Å². The quantitative estimate of drug-likeness (QED) is 0.864. The summed E-state index contributed by atoms with van der Waals surface area (Å²) in [6.07, 6.45) is -3.35. The minimum Gasteiger partial charge on any atom is -0.478 e. The number of halogens is 3. The highest BCUT2D eigenvalue weighted by atomic mass is 19.4. The fourth-order valence-electron chi connectivity index (χ4n) is 2.09. The zero-order valence-corrected chi connectivity index (χ0v) is 13.0. The lowest BCUT2D eigenvalue weighted by atomic mass is 10.0. The largest absolute Gasteiger partial charge is 0.478 e. The second-order valence-corrected chi connectivity index (χ2v) is 4.94. The van der Waals surface area contributed by atoms with E-state index in [0.717, 1.165) is 6.07 Å². The van der Waals surface area contributed by atoms with Gasteiger partial charge in [-0.25, -0.2) is 14.8 Å². The van der Waals surface area contributed by atoms with Gasteiger partial charge < -0.3 is 9.84 Å². The zero-order chi connectivity index (χ0) is 17.9. The molecule has 0 aliphatic heterocycles. The van der Waals surface area contributed by atoms with E-state index >= 15 is 0 Å². The van der Waals surface area contributed by atoms with E-state index in [-0.39, 0.29) is 36.5 Å². The van der Waals surface area contributed by atoms with Gasteiger partial charge in [0.2, 0.25) is 0 Å². The van der Waals surface area contributed by atoms with Crippen molar-refractivity contribution in [2.75, 3.05) is 0 Å². The van der Waals surface area contributed by atoms with E-state index in [1.807, 2.05) is 0 Å². The van der Waals surface area contributed by atoms with Crippen molar-refractivity contribution in [2.45, 2.75) is 32.7 Å². The minimum atomic E-state index is -4.67. The number of aromatic nitrogens is 4. The number of carboxylic acids is 1. The molecule has 130 valence electrons. The molecule has 0 bridgehead atoms. The number of aryl methyl sites for hydroxylation is 2. The van der Waals surface area contributed by atoms with E-state index < -0.39 is 17.8 Å². The molecule has 0 atom stereocenters. The maximum atomic E-state index is 13.1. The van der Waals surface area contributed by atoms with Gasteiger partial charge in [0.1, 0.15) is 18.6 Å². The molecule has 2 aromatic heterocycles. The summed E-state index contributed by atoms with van der Waals surface area (Å²) < 4.78 is 45.9. The minimum absolute atomic E-state index is 0.0161. The standard InChI is InChI=1S/C14H15F3N4O3/c1-3-8-4-9(13(22)23)10(20-12(8)14(15,16)17)5-24-6-11-18-7-19-21(11)2/h4,7H,3,5-6H2,1-2H3,(H,22,23). The first-order valence-electron chi connectivity index (χ1n) is 6.98. The van der Waals surface area contributed by atoms with Gasteiger partial charge in [0, 0.05) is 7.05 Å². The van der Waals surface area contributed by atoms with Gasteiger partial charge in [0.15, 0.2) is 5.82 Å². The van der Waals surface area contributed by atoms with Gasteiger partial charge in [-0.2, -0.15) is 18.3 Å². The Morgan fingerprint density at radius 3 is 2.58 bits per heavy atom. The van der Waals surface area contributed by atoms with Crippen molar-refractivity contribution in [1.82, 2.24) is 19.7 Å². The molecule has 24 heavy (non-hydrogen) atoms. The van der Waals surface area contributed by atoms with Gasteiger partial charge in [-0.3, -0.25) is 4.68 Å². The molecule has 1 N–H and O–H groups in total. The molecule has 0 unspecified atom stereocenters. The van der Waals surface area contributed by atoms with Crippen LogP contribution in [0.25, 0.3) is 0 Å². The third-order valence-electron chi connectivity index (χ3n) is 3.34. The molecule has 7 nitrogen and oxygen atoms in total. The summed E-state index contributed by atoms with van der Waals surface area (Å²) in [6.45, 7) is 1.08. The van der Waals surface area contributed by atoms with Crippen molar-refractivity contribution in [3.8, 4) is 0 Å². The van der Waals surface area contributed by atoms with Crippen LogP contribution in [-0.2, 0) is 37.6 Å². The highest BCUT2D eigenvalue weighted by molar-refractivity contribution is 5.89. The molecular weight excluding hydrogens is 329 g/mol. The third-order valence-corrected chi connectivity index (χ3v) is 3.34. The normalized spacial score (nSPS) is 11.7. The molecule has 0 aliphatic carbocycles. The van der Waals surface area contributed by atoms with Crippen LogP contribution in [0, 0.1) is 0 Å². The lowest BCUT2D eigenvalue weighted by Gasteiger charge is -2.15. The molecule has 0 spiro atoms. The van der Waals surface area contributed by atoms with Crippen LogP contribution >= 0.6 is 0 Å². The second kappa shape index (κ2) is 6.95. The van der Waals surface area contributed by atoms with Gasteiger partial charge in [-0.15, -0.1) is 0 Å². The Morgan fingerprint density at radius 1 is 1.38 bits per heavy atom. The van der Waals surface area contributed by atoms with Crippen molar-refractivity contribution in [2.24, 2.45) is 7.05 Å². The Balaban J connectivity index is 2.29.